The lowest BCUT2D eigenvalue weighted by atomic mass is 10.0. The van der Waals surface area contributed by atoms with Crippen molar-refractivity contribution in [2.24, 2.45) is 0 Å². The van der Waals surface area contributed by atoms with Crippen LogP contribution in [0.15, 0.2) is 54.6 Å². The van der Waals surface area contributed by atoms with Crippen LogP contribution < -0.4 is 10.1 Å². The maximum atomic E-state index is 12.7. The van der Waals surface area contributed by atoms with E-state index in [1.54, 1.807) is 12.1 Å². The molecule has 0 radical (unpaired) electrons. The normalized spacial score (nSPS) is 14.5. The molecular weight excluding hydrogens is 389 g/mol. The van der Waals surface area contributed by atoms with Gasteiger partial charge in [0.15, 0.2) is 6.35 Å². The van der Waals surface area contributed by atoms with Crippen LogP contribution in [0.2, 0.25) is 0 Å². The van der Waals surface area contributed by atoms with Crippen molar-refractivity contribution in [1.29, 1.82) is 0 Å². The SMILES string of the molecule is CC(Cc1ccccc1CP(=O)(O)COc1ccccc1)NC(=O)OC(C)(C)C. The second kappa shape index (κ2) is 9.95. The number of carbonyl (C=O) groups excluding carboxylic acids is 1. The van der Waals surface area contributed by atoms with Crippen LogP contribution in [0, 0.1) is 0 Å². The van der Waals surface area contributed by atoms with E-state index in [-0.39, 0.29) is 18.6 Å². The standard InChI is InChI=1S/C22H30NO5P/c1-17(23-21(24)28-22(2,3)4)14-18-10-8-9-11-19(18)15-29(25,26)16-27-20-12-6-5-7-13-20/h5-13,17H,14-16H2,1-4H3,(H,23,24)(H,25,26). The van der Waals surface area contributed by atoms with E-state index in [9.17, 15) is 14.3 Å². The number of carbonyl (C=O) groups is 1. The van der Waals surface area contributed by atoms with Gasteiger partial charge in [0.25, 0.3) is 0 Å². The quantitative estimate of drug-likeness (QED) is 0.592. The van der Waals surface area contributed by atoms with Gasteiger partial charge in [0, 0.05) is 6.04 Å². The summed E-state index contributed by atoms with van der Waals surface area (Å²) >= 11 is 0. The third-order valence-corrected chi connectivity index (χ3v) is 5.37. The Hall–Kier alpha value is -2.30. The summed E-state index contributed by atoms with van der Waals surface area (Å²) < 4.78 is 23.4. The summed E-state index contributed by atoms with van der Waals surface area (Å²) in [6.07, 6.45) is -0.201. The maximum absolute atomic E-state index is 12.7. The Labute approximate surface area is 172 Å². The van der Waals surface area contributed by atoms with E-state index in [2.05, 4.69) is 5.32 Å². The Morgan fingerprint density at radius 1 is 1.07 bits per heavy atom. The van der Waals surface area contributed by atoms with E-state index in [1.165, 1.54) is 0 Å². The number of alkyl carbamates (subject to hydrolysis) is 1. The number of rotatable bonds is 8. The first-order valence-corrected chi connectivity index (χ1v) is 11.6. The Balaban J connectivity index is 1.98. The van der Waals surface area contributed by atoms with Gasteiger partial charge in [-0.15, -0.1) is 0 Å². The molecule has 2 atom stereocenters. The van der Waals surface area contributed by atoms with Gasteiger partial charge in [0.05, 0.1) is 6.16 Å². The van der Waals surface area contributed by atoms with Crippen LogP contribution in [0.5, 0.6) is 5.75 Å². The molecule has 0 bridgehead atoms. The van der Waals surface area contributed by atoms with Crippen LogP contribution in [0.1, 0.15) is 38.8 Å². The van der Waals surface area contributed by atoms with Crippen LogP contribution in [0.25, 0.3) is 0 Å². The lowest BCUT2D eigenvalue weighted by Gasteiger charge is -2.22. The van der Waals surface area contributed by atoms with Gasteiger partial charge >= 0.3 is 6.09 Å². The number of hydrogen-bond donors (Lipinski definition) is 2. The summed E-state index contributed by atoms with van der Waals surface area (Å²) in [6.45, 7) is 7.30. The first-order valence-electron chi connectivity index (χ1n) is 9.59. The van der Waals surface area contributed by atoms with Crippen molar-refractivity contribution in [2.75, 3.05) is 6.35 Å². The molecule has 29 heavy (non-hydrogen) atoms. The molecule has 0 heterocycles. The van der Waals surface area contributed by atoms with Crippen LogP contribution in [0.4, 0.5) is 4.79 Å². The zero-order valence-electron chi connectivity index (χ0n) is 17.4. The van der Waals surface area contributed by atoms with Crippen molar-refractivity contribution in [1.82, 2.24) is 5.32 Å². The molecule has 0 fully saturated rings. The molecule has 0 aliphatic rings. The van der Waals surface area contributed by atoms with E-state index < -0.39 is 19.1 Å². The Morgan fingerprint density at radius 2 is 1.66 bits per heavy atom. The molecule has 6 nitrogen and oxygen atoms in total. The summed E-state index contributed by atoms with van der Waals surface area (Å²) in [5, 5.41) is 2.80. The van der Waals surface area contributed by atoms with Gasteiger partial charge in [-0.05, 0) is 57.4 Å². The topological polar surface area (TPSA) is 84.9 Å². The Bertz CT molecular complexity index is 848. The summed E-state index contributed by atoms with van der Waals surface area (Å²) in [5.41, 5.74) is 1.11. The average Bonchev–Trinajstić information content (AvgIpc) is 2.61. The minimum atomic E-state index is -3.54. The fourth-order valence-electron chi connectivity index (χ4n) is 2.80. The largest absolute Gasteiger partial charge is 0.484 e. The van der Waals surface area contributed by atoms with Crippen LogP contribution in [0.3, 0.4) is 0 Å². The zero-order chi connectivity index (χ0) is 21.5. The molecule has 7 heteroatoms. The van der Waals surface area contributed by atoms with Gasteiger partial charge in [-0.3, -0.25) is 4.57 Å². The van der Waals surface area contributed by atoms with Crippen molar-refractivity contribution in [3.63, 3.8) is 0 Å². The number of para-hydroxylation sites is 1. The molecule has 0 saturated heterocycles. The van der Waals surface area contributed by atoms with E-state index in [4.69, 9.17) is 9.47 Å². The van der Waals surface area contributed by atoms with Gasteiger partial charge in [-0.25, -0.2) is 4.79 Å². The van der Waals surface area contributed by atoms with E-state index in [0.717, 1.165) is 11.1 Å². The molecule has 1 amide bonds. The third kappa shape index (κ3) is 8.71. The fourth-order valence-corrected chi connectivity index (χ4v) is 4.09. The first-order chi connectivity index (χ1) is 13.5. The minimum absolute atomic E-state index is 0.00909. The predicted octanol–water partition coefficient (Wildman–Crippen LogP) is 4.95. The number of hydrogen-bond acceptors (Lipinski definition) is 4. The maximum Gasteiger partial charge on any atom is 0.407 e. The number of benzene rings is 2. The third-order valence-electron chi connectivity index (χ3n) is 4.00. The molecule has 2 rings (SSSR count). The molecule has 158 valence electrons. The lowest BCUT2D eigenvalue weighted by Crippen LogP contribution is -2.38. The molecule has 0 saturated carbocycles. The number of nitrogens with one attached hydrogen (secondary N) is 1. The van der Waals surface area contributed by atoms with Crippen molar-refractivity contribution < 1.29 is 23.7 Å². The molecule has 0 spiro atoms. The Kier molecular flexibility index (Phi) is 7.88. The highest BCUT2D eigenvalue weighted by atomic mass is 31.2. The van der Waals surface area contributed by atoms with Crippen LogP contribution in [-0.2, 0) is 21.9 Å². The molecular formula is C22H30NO5P. The molecule has 2 N–H and O–H groups in total. The second-order valence-electron chi connectivity index (χ2n) is 8.11. The fraction of sp³-hybridized carbons (Fsp3) is 0.409. The highest BCUT2D eigenvalue weighted by Gasteiger charge is 2.23. The molecule has 0 aliphatic heterocycles. The summed E-state index contributed by atoms with van der Waals surface area (Å²) in [5.74, 6) is 0.560. The summed E-state index contributed by atoms with van der Waals surface area (Å²) in [7, 11) is -3.54. The smallest absolute Gasteiger partial charge is 0.407 e. The molecule has 2 unspecified atom stereocenters. The van der Waals surface area contributed by atoms with Crippen LogP contribution >= 0.6 is 7.37 Å². The van der Waals surface area contributed by atoms with E-state index in [0.29, 0.717) is 12.2 Å². The van der Waals surface area contributed by atoms with Crippen molar-refractivity contribution >= 4 is 13.5 Å². The predicted molar refractivity (Wildman–Crippen MR) is 114 cm³/mol. The van der Waals surface area contributed by atoms with Gasteiger partial charge < -0.3 is 19.7 Å². The molecule has 2 aromatic carbocycles. The first kappa shape index (κ1) is 23.0. The summed E-state index contributed by atoms with van der Waals surface area (Å²) in [6, 6.07) is 16.2. The Morgan fingerprint density at radius 3 is 2.28 bits per heavy atom. The molecule has 0 aliphatic carbocycles. The number of amides is 1. The highest BCUT2D eigenvalue weighted by Crippen LogP contribution is 2.45. The van der Waals surface area contributed by atoms with Gasteiger partial charge in [0.2, 0.25) is 7.37 Å². The highest BCUT2D eigenvalue weighted by molar-refractivity contribution is 7.57. The monoisotopic (exact) mass is 419 g/mol. The van der Waals surface area contributed by atoms with Gasteiger partial charge in [-0.1, -0.05) is 42.5 Å². The van der Waals surface area contributed by atoms with Crippen molar-refractivity contribution in [2.45, 2.75) is 51.9 Å². The van der Waals surface area contributed by atoms with E-state index in [1.807, 2.05) is 70.2 Å². The van der Waals surface area contributed by atoms with Gasteiger partial charge in [-0.2, -0.15) is 0 Å². The van der Waals surface area contributed by atoms with Crippen molar-refractivity contribution in [3.8, 4) is 5.75 Å². The van der Waals surface area contributed by atoms with Crippen LogP contribution in [-0.4, -0.2) is 29.0 Å². The van der Waals surface area contributed by atoms with Gasteiger partial charge in [0.1, 0.15) is 11.4 Å². The number of ether oxygens (including phenoxy) is 2. The second-order valence-corrected chi connectivity index (χ2v) is 10.4. The van der Waals surface area contributed by atoms with E-state index >= 15 is 0 Å². The lowest BCUT2D eigenvalue weighted by molar-refractivity contribution is 0.0508. The molecule has 2 aromatic rings. The minimum Gasteiger partial charge on any atom is -0.484 e. The zero-order valence-corrected chi connectivity index (χ0v) is 18.3. The average molecular weight is 419 g/mol. The van der Waals surface area contributed by atoms with Crippen molar-refractivity contribution in [3.05, 3.63) is 65.7 Å². The summed E-state index contributed by atoms with van der Waals surface area (Å²) in [4.78, 5) is 22.4. The molecule has 0 aromatic heterocycles.